The van der Waals surface area contributed by atoms with Gasteiger partial charge in [0.25, 0.3) is 0 Å². The molecule has 1 aliphatic rings. The number of methoxy groups -OCH3 is 1. The number of rotatable bonds is 3. The summed E-state index contributed by atoms with van der Waals surface area (Å²) in [6.45, 7) is 4.74. The molecule has 7 heteroatoms. The lowest BCUT2D eigenvalue weighted by Crippen LogP contribution is -2.52. The highest BCUT2D eigenvalue weighted by Gasteiger charge is 2.27. The van der Waals surface area contributed by atoms with Crippen LogP contribution in [0.2, 0.25) is 0 Å². The number of nitrogens with one attached hydrogen (secondary N) is 1. The first kappa shape index (κ1) is 17.7. The summed E-state index contributed by atoms with van der Waals surface area (Å²) in [6.07, 6.45) is 1.56. The molecule has 0 radical (unpaired) electrons. The topological polar surface area (TPSA) is 57.3 Å². The van der Waals surface area contributed by atoms with E-state index in [1.807, 2.05) is 12.1 Å². The molecule has 1 saturated heterocycles. The van der Waals surface area contributed by atoms with Gasteiger partial charge in [0, 0.05) is 48.3 Å². The SMILES string of the molecule is COc1cccc(N2CCN(c3ncnc4c3[nH]c3ccc(F)cc34)C[C@@H]2C)c1. The van der Waals surface area contributed by atoms with Gasteiger partial charge in [-0.1, -0.05) is 6.07 Å². The Bertz CT molecular complexity index is 1190. The van der Waals surface area contributed by atoms with E-state index in [-0.39, 0.29) is 5.82 Å². The van der Waals surface area contributed by atoms with Gasteiger partial charge >= 0.3 is 0 Å². The Balaban J connectivity index is 1.47. The van der Waals surface area contributed by atoms with Crippen LogP contribution in [0.5, 0.6) is 5.75 Å². The number of nitrogens with zero attached hydrogens (tertiary/aromatic N) is 4. The number of piperazine rings is 1. The molecule has 2 aromatic carbocycles. The summed E-state index contributed by atoms with van der Waals surface area (Å²) in [4.78, 5) is 17.0. The summed E-state index contributed by atoms with van der Waals surface area (Å²) in [5.74, 6) is 1.46. The second kappa shape index (κ2) is 6.92. The zero-order valence-electron chi connectivity index (χ0n) is 16.4. The lowest BCUT2D eigenvalue weighted by molar-refractivity contribution is 0.414. The van der Waals surface area contributed by atoms with Crippen molar-refractivity contribution in [3.05, 3.63) is 54.6 Å². The highest BCUT2D eigenvalue weighted by molar-refractivity contribution is 6.08. The zero-order chi connectivity index (χ0) is 20.0. The molecule has 4 aromatic rings. The van der Waals surface area contributed by atoms with Gasteiger partial charge in [0.2, 0.25) is 0 Å². The smallest absolute Gasteiger partial charge is 0.156 e. The van der Waals surface area contributed by atoms with Crippen molar-refractivity contribution in [3.63, 3.8) is 0 Å². The standard InChI is InChI=1S/C22H22FN5O/c1-14-12-27(8-9-28(14)16-4-3-5-17(11-16)29-2)22-21-20(24-13-25-22)18-10-15(23)6-7-19(18)26-21/h3-7,10-11,13-14,26H,8-9,12H2,1-2H3/t14-/m0/s1. The summed E-state index contributed by atoms with van der Waals surface area (Å²) in [5, 5.41) is 0.784. The van der Waals surface area contributed by atoms with Gasteiger partial charge in [0.15, 0.2) is 5.82 Å². The van der Waals surface area contributed by atoms with Crippen molar-refractivity contribution in [3.8, 4) is 5.75 Å². The molecule has 0 spiro atoms. The minimum Gasteiger partial charge on any atom is -0.497 e. The summed E-state index contributed by atoms with van der Waals surface area (Å²) in [6, 6.07) is 13.2. The van der Waals surface area contributed by atoms with Crippen LogP contribution in [0.4, 0.5) is 15.9 Å². The van der Waals surface area contributed by atoms with Gasteiger partial charge < -0.3 is 19.5 Å². The van der Waals surface area contributed by atoms with E-state index in [9.17, 15) is 4.39 Å². The molecular weight excluding hydrogens is 369 g/mol. The fourth-order valence-corrected chi connectivity index (χ4v) is 4.21. The van der Waals surface area contributed by atoms with E-state index >= 15 is 0 Å². The highest BCUT2D eigenvalue weighted by Crippen LogP contribution is 2.32. The maximum absolute atomic E-state index is 13.7. The molecule has 0 bridgehead atoms. The molecule has 29 heavy (non-hydrogen) atoms. The molecule has 148 valence electrons. The molecule has 0 amide bonds. The second-order valence-electron chi connectivity index (χ2n) is 7.43. The van der Waals surface area contributed by atoms with Crippen molar-refractivity contribution in [2.45, 2.75) is 13.0 Å². The average Bonchev–Trinajstić information content (AvgIpc) is 3.11. The van der Waals surface area contributed by atoms with Crippen LogP contribution in [0.3, 0.4) is 0 Å². The maximum atomic E-state index is 13.7. The van der Waals surface area contributed by atoms with Crippen LogP contribution in [0.1, 0.15) is 6.92 Å². The van der Waals surface area contributed by atoms with Gasteiger partial charge in [0.1, 0.15) is 28.9 Å². The largest absolute Gasteiger partial charge is 0.497 e. The van der Waals surface area contributed by atoms with E-state index in [0.29, 0.717) is 6.04 Å². The van der Waals surface area contributed by atoms with Gasteiger partial charge in [-0.25, -0.2) is 14.4 Å². The summed E-state index contributed by atoms with van der Waals surface area (Å²) < 4.78 is 19.1. The lowest BCUT2D eigenvalue weighted by Gasteiger charge is -2.41. The number of benzene rings is 2. The molecule has 5 rings (SSSR count). The minimum atomic E-state index is -0.265. The number of aromatic amines is 1. The molecule has 6 nitrogen and oxygen atoms in total. The molecular formula is C22H22FN5O. The second-order valence-corrected chi connectivity index (χ2v) is 7.43. The monoisotopic (exact) mass is 391 g/mol. The molecule has 2 aromatic heterocycles. The number of H-pyrrole nitrogens is 1. The van der Waals surface area contributed by atoms with Gasteiger partial charge in [-0.05, 0) is 37.3 Å². The fourth-order valence-electron chi connectivity index (χ4n) is 4.21. The average molecular weight is 391 g/mol. The van der Waals surface area contributed by atoms with Crippen LogP contribution < -0.4 is 14.5 Å². The predicted molar refractivity (Wildman–Crippen MR) is 113 cm³/mol. The van der Waals surface area contributed by atoms with Crippen molar-refractivity contribution in [2.24, 2.45) is 0 Å². The first-order chi connectivity index (χ1) is 14.1. The van der Waals surface area contributed by atoms with Crippen LogP contribution in [0.15, 0.2) is 48.8 Å². The van der Waals surface area contributed by atoms with Crippen LogP contribution in [0.25, 0.3) is 21.9 Å². The number of aromatic nitrogens is 3. The Morgan fingerprint density at radius 2 is 2.03 bits per heavy atom. The van der Waals surface area contributed by atoms with E-state index in [1.54, 1.807) is 19.5 Å². The van der Waals surface area contributed by atoms with Crippen LogP contribution >= 0.6 is 0 Å². The highest BCUT2D eigenvalue weighted by atomic mass is 19.1. The Kier molecular flexibility index (Phi) is 4.23. The lowest BCUT2D eigenvalue weighted by atomic mass is 10.1. The number of ether oxygens (including phenoxy) is 1. The molecule has 1 aliphatic heterocycles. The third-order valence-electron chi connectivity index (χ3n) is 5.64. The van der Waals surface area contributed by atoms with E-state index < -0.39 is 0 Å². The molecule has 3 heterocycles. The van der Waals surface area contributed by atoms with Gasteiger partial charge in [-0.2, -0.15) is 0 Å². The fraction of sp³-hybridized carbons (Fsp3) is 0.273. The molecule has 1 fully saturated rings. The molecule has 0 saturated carbocycles. The van der Waals surface area contributed by atoms with Crippen LogP contribution in [-0.2, 0) is 0 Å². The summed E-state index contributed by atoms with van der Waals surface area (Å²) in [7, 11) is 1.69. The number of hydrogen-bond acceptors (Lipinski definition) is 5. The van der Waals surface area contributed by atoms with Gasteiger partial charge in [-0.15, -0.1) is 0 Å². The first-order valence-corrected chi connectivity index (χ1v) is 9.71. The molecule has 0 unspecified atom stereocenters. The normalized spacial score (nSPS) is 17.3. The minimum absolute atomic E-state index is 0.265. The van der Waals surface area contributed by atoms with Crippen molar-refractivity contribution < 1.29 is 9.13 Å². The number of halogens is 1. The van der Waals surface area contributed by atoms with E-state index in [4.69, 9.17) is 4.74 Å². The Morgan fingerprint density at radius 3 is 2.86 bits per heavy atom. The number of anilines is 2. The Morgan fingerprint density at radius 1 is 1.14 bits per heavy atom. The van der Waals surface area contributed by atoms with E-state index in [1.165, 1.54) is 12.1 Å². The van der Waals surface area contributed by atoms with Crippen molar-refractivity contribution in [2.75, 3.05) is 36.5 Å². The third kappa shape index (κ3) is 3.03. The molecule has 1 atom stereocenters. The van der Waals surface area contributed by atoms with E-state index in [2.05, 4.69) is 43.8 Å². The number of hydrogen-bond donors (Lipinski definition) is 1. The van der Waals surface area contributed by atoms with Crippen molar-refractivity contribution in [1.29, 1.82) is 0 Å². The van der Waals surface area contributed by atoms with Gasteiger partial charge in [0.05, 0.1) is 7.11 Å². The Hall–Kier alpha value is -3.35. The molecule has 1 N–H and O–H groups in total. The third-order valence-corrected chi connectivity index (χ3v) is 5.64. The first-order valence-electron chi connectivity index (χ1n) is 9.71. The van der Waals surface area contributed by atoms with Gasteiger partial charge in [-0.3, -0.25) is 0 Å². The summed E-state index contributed by atoms with van der Waals surface area (Å²) >= 11 is 0. The quantitative estimate of drug-likeness (QED) is 0.573. The summed E-state index contributed by atoms with van der Waals surface area (Å²) in [5.41, 5.74) is 3.64. The van der Waals surface area contributed by atoms with Crippen molar-refractivity contribution >= 4 is 33.4 Å². The van der Waals surface area contributed by atoms with E-state index in [0.717, 1.165) is 58.8 Å². The van der Waals surface area contributed by atoms with Crippen LogP contribution in [0, 0.1) is 5.82 Å². The van der Waals surface area contributed by atoms with Crippen LogP contribution in [-0.4, -0.2) is 47.7 Å². The molecule has 0 aliphatic carbocycles. The van der Waals surface area contributed by atoms with Crippen molar-refractivity contribution in [1.82, 2.24) is 15.0 Å². The zero-order valence-corrected chi connectivity index (χ0v) is 16.4. The maximum Gasteiger partial charge on any atom is 0.156 e. The predicted octanol–water partition coefficient (Wildman–Crippen LogP) is 3.97. The number of fused-ring (bicyclic) bond motifs is 3. The Labute approximate surface area is 167 Å².